The predicted octanol–water partition coefficient (Wildman–Crippen LogP) is 5.92. The van der Waals surface area contributed by atoms with Gasteiger partial charge in [-0.15, -0.1) is 11.8 Å². The van der Waals surface area contributed by atoms with Crippen LogP contribution in [0.4, 0.5) is 5.13 Å². The second-order valence-electron chi connectivity index (χ2n) is 8.49. The maximum atomic E-state index is 12.2. The lowest BCUT2D eigenvalue weighted by atomic mass is 9.87. The van der Waals surface area contributed by atoms with Crippen molar-refractivity contribution >= 4 is 34.1 Å². The van der Waals surface area contributed by atoms with Gasteiger partial charge < -0.3 is 9.73 Å². The van der Waals surface area contributed by atoms with Gasteiger partial charge in [0, 0.05) is 12.8 Å². The fraction of sp³-hybridized carbons (Fsp3) is 0.650. The number of anilines is 1. The number of thiazole rings is 1. The molecule has 0 radical (unpaired) electrons. The van der Waals surface area contributed by atoms with Crippen molar-refractivity contribution in [2.75, 3.05) is 5.32 Å². The number of hydrogen-bond acceptors (Lipinski definition) is 6. The molecule has 1 N–H and O–H groups in total. The monoisotopic (exact) mass is 407 g/mol. The van der Waals surface area contributed by atoms with Crippen LogP contribution in [0.25, 0.3) is 0 Å². The number of nitrogens with zero attached hydrogens (tertiary/aromatic N) is 2. The molecule has 0 saturated heterocycles. The SMILES string of the molecule is CC(C)(C)Cc1cnc(CSc2cnc(NC(=O)CC3CCCCC3)s2)o1. The van der Waals surface area contributed by atoms with Crippen molar-refractivity contribution < 1.29 is 9.21 Å². The van der Waals surface area contributed by atoms with Gasteiger partial charge in [-0.1, -0.05) is 51.4 Å². The molecule has 2 aromatic heterocycles. The highest BCUT2D eigenvalue weighted by molar-refractivity contribution is 8.00. The Morgan fingerprint density at radius 1 is 1.26 bits per heavy atom. The van der Waals surface area contributed by atoms with E-state index in [0.717, 1.165) is 22.3 Å². The average Bonchev–Trinajstić information content (AvgIpc) is 3.21. The number of amides is 1. The quantitative estimate of drug-likeness (QED) is 0.577. The highest BCUT2D eigenvalue weighted by Gasteiger charge is 2.18. The number of rotatable bonds is 7. The van der Waals surface area contributed by atoms with Gasteiger partial charge in [-0.25, -0.2) is 9.97 Å². The zero-order valence-corrected chi connectivity index (χ0v) is 18.0. The molecule has 0 spiro atoms. The van der Waals surface area contributed by atoms with Crippen molar-refractivity contribution in [2.45, 2.75) is 75.7 Å². The molecule has 3 rings (SSSR count). The van der Waals surface area contributed by atoms with Crippen LogP contribution >= 0.6 is 23.1 Å². The minimum Gasteiger partial charge on any atom is -0.445 e. The standard InChI is InChI=1S/C20H29N3O2S2/c1-20(2,3)10-15-11-21-17(25-15)13-26-18-12-22-19(27-18)23-16(24)9-14-7-5-4-6-8-14/h11-12,14H,4-10,13H2,1-3H3,(H,22,23,24). The van der Waals surface area contributed by atoms with Crippen LogP contribution in [-0.4, -0.2) is 15.9 Å². The van der Waals surface area contributed by atoms with Crippen molar-refractivity contribution in [2.24, 2.45) is 11.3 Å². The summed E-state index contributed by atoms with van der Waals surface area (Å²) in [6.45, 7) is 6.56. The molecular formula is C20H29N3O2S2. The summed E-state index contributed by atoms with van der Waals surface area (Å²) in [4.78, 5) is 20.9. The molecule has 1 aliphatic rings. The maximum absolute atomic E-state index is 12.2. The Morgan fingerprint density at radius 2 is 2.04 bits per heavy atom. The number of thioether (sulfide) groups is 1. The third-order valence-electron chi connectivity index (χ3n) is 4.57. The minimum absolute atomic E-state index is 0.0901. The first-order valence-electron chi connectivity index (χ1n) is 9.69. The Labute approximate surface area is 169 Å². The van der Waals surface area contributed by atoms with Crippen LogP contribution in [0.2, 0.25) is 0 Å². The molecule has 0 unspecified atom stereocenters. The van der Waals surface area contributed by atoms with Crippen LogP contribution in [0.1, 0.15) is 70.9 Å². The van der Waals surface area contributed by atoms with Crippen molar-refractivity contribution in [1.82, 2.24) is 9.97 Å². The van der Waals surface area contributed by atoms with E-state index >= 15 is 0 Å². The zero-order valence-electron chi connectivity index (χ0n) is 16.4. The van der Waals surface area contributed by atoms with Gasteiger partial charge >= 0.3 is 0 Å². The van der Waals surface area contributed by atoms with Crippen LogP contribution < -0.4 is 5.32 Å². The average molecular weight is 408 g/mol. The highest BCUT2D eigenvalue weighted by atomic mass is 32.2. The Hall–Kier alpha value is -1.34. The van der Waals surface area contributed by atoms with Crippen molar-refractivity contribution in [1.29, 1.82) is 0 Å². The molecule has 0 aliphatic heterocycles. The topological polar surface area (TPSA) is 68.0 Å². The van der Waals surface area contributed by atoms with Crippen LogP contribution in [0.5, 0.6) is 0 Å². The van der Waals surface area contributed by atoms with E-state index in [0.29, 0.717) is 23.2 Å². The predicted molar refractivity (Wildman–Crippen MR) is 111 cm³/mol. The number of carbonyl (C=O) groups excluding carboxylic acids is 1. The van der Waals surface area contributed by atoms with E-state index in [4.69, 9.17) is 4.42 Å². The second kappa shape index (κ2) is 9.24. The van der Waals surface area contributed by atoms with Gasteiger partial charge in [0.2, 0.25) is 11.8 Å². The molecule has 1 fully saturated rings. The van der Waals surface area contributed by atoms with Crippen molar-refractivity contribution in [3.05, 3.63) is 24.0 Å². The molecule has 1 amide bonds. The summed E-state index contributed by atoms with van der Waals surface area (Å²) in [5.74, 6) is 2.96. The molecule has 7 heteroatoms. The Kier molecular flexibility index (Phi) is 6.98. The Balaban J connectivity index is 1.44. The third kappa shape index (κ3) is 6.96. The number of aromatic nitrogens is 2. The maximum Gasteiger partial charge on any atom is 0.226 e. The molecule has 148 valence electrons. The first kappa shape index (κ1) is 20.4. The normalized spacial score (nSPS) is 15.8. The number of carbonyl (C=O) groups is 1. The Morgan fingerprint density at radius 3 is 2.78 bits per heavy atom. The summed E-state index contributed by atoms with van der Waals surface area (Å²) >= 11 is 3.15. The lowest BCUT2D eigenvalue weighted by Gasteiger charge is -2.20. The largest absolute Gasteiger partial charge is 0.445 e. The van der Waals surface area contributed by atoms with E-state index in [9.17, 15) is 4.79 Å². The van der Waals surface area contributed by atoms with Crippen LogP contribution in [0.15, 0.2) is 21.0 Å². The molecule has 1 saturated carbocycles. The summed E-state index contributed by atoms with van der Waals surface area (Å²) in [5.41, 5.74) is 0.187. The first-order chi connectivity index (χ1) is 12.9. The van der Waals surface area contributed by atoms with E-state index in [2.05, 4.69) is 36.1 Å². The van der Waals surface area contributed by atoms with Gasteiger partial charge in [-0.2, -0.15) is 0 Å². The molecule has 1 aliphatic carbocycles. The molecule has 2 heterocycles. The van der Waals surface area contributed by atoms with E-state index in [1.54, 1.807) is 11.8 Å². The summed E-state index contributed by atoms with van der Waals surface area (Å²) in [6.07, 6.45) is 11.3. The van der Waals surface area contributed by atoms with Crippen LogP contribution in [-0.2, 0) is 17.0 Å². The second-order valence-corrected chi connectivity index (χ2v) is 10.8. The van der Waals surface area contributed by atoms with Gasteiger partial charge in [0.1, 0.15) is 5.76 Å². The van der Waals surface area contributed by atoms with Gasteiger partial charge in [0.15, 0.2) is 5.13 Å². The van der Waals surface area contributed by atoms with Crippen LogP contribution in [0, 0.1) is 11.3 Å². The lowest BCUT2D eigenvalue weighted by molar-refractivity contribution is -0.117. The molecule has 0 bridgehead atoms. The molecule has 2 aromatic rings. The number of hydrogen-bond donors (Lipinski definition) is 1. The van der Waals surface area contributed by atoms with Gasteiger partial charge in [-0.3, -0.25) is 4.79 Å². The van der Waals surface area contributed by atoms with Crippen LogP contribution in [0.3, 0.4) is 0 Å². The van der Waals surface area contributed by atoms with Gasteiger partial charge in [0.25, 0.3) is 0 Å². The zero-order chi connectivity index (χ0) is 19.3. The van der Waals surface area contributed by atoms with E-state index in [1.165, 1.54) is 43.4 Å². The molecular weight excluding hydrogens is 378 g/mol. The number of nitrogens with one attached hydrogen (secondary N) is 1. The van der Waals surface area contributed by atoms with E-state index in [1.807, 2.05) is 12.4 Å². The summed E-state index contributed by atoms with van der Waals surface area (Å²) in [5, 5.41) is 3.63. The summed E-state index contributed by atoms with van der Waals surface area (Å²) in [6, 6.07) is 0. The third-order valence-corrected chi connectivity index (χ3v) is 6.67. The molecule has 0 atom stereocenters. The lowest BCUT2D eigenvalue weighted by Crippen LogP contribution is -2.18. The van der Waals surface area contributed by atoms with Crippen molar-refractivity contribution in [3.8, 4) is 0 Å². The summed E-state index contributed by atoms with van der Waals surface area (Å²) in [7, 11) is 0. The van der Waals surface area contributed by atoms with E-state index < -0.39 is 0 Å². The Bertz CT molecular complexity index is 742. The molecule has 0 aromatic carbocycles. The smallest absolute Gasteiger partial charge is 0.226 e. The minimum atomic E-state index is 0.0901. The fourth-order valence-corrected chi connectivity index (χ4v) is 5.10. The van der Waals surface area contributed by atoms with Crippen molar-refractivity contribution in [3.63, 3.8) is 0 Å². The molecule has 5 nitrogen and oxygen atoms in total. The highest BCUT2D eigenvalue weighted by Crippen LogP contribution is 2.32. The van der Waals surface area contributed by atoms with Gasteiger partial charge in [0.05, 0.1) is 22.4 Å². The first-order valence-corrected chi connectivity index (χ1v) is 11.5. The number of oxazole rings is 1. The fourth-order valence-electron chi connectivity index (χ4n) is 3.36. The summed E-state index contributed by atoms with van der Waals surface area (Å²) < 4.78 is 6.87. The van der Waals surface area contributed by atoms with E-state index in [-0.39, 0.29) is 11.3 Å². The van der Waals surface area contributed by atoms with Gasteiger partial charge in [-0.05, 0) is 24.2 Å². The molecule has 27 heavy (non-hydrogen) atoms.